The number of halogens is 1. The molecule has 1 aliphatic heterocycles. The summed E-state index contributed by atoms with van der Waals surface area (Å²) in [6.45, 7) is 0.322. The van der Waals surface area contributed by atoms with E-state index >= 15 is 0 Å². The van der Waals surface area contributed by atoms with Crippen LogP contribution in [-0.2, 0) is 14.3 Å². The van der Waals surface area contributed by atoms with Crippen molar-refractivity contribution in [2.24, 2.45) is 0 Å². The molecule has 2 N–H and O–H groups in total. The van der Waals surface area contributed by atoms with Gasteiger partial charge in [0, 0.05) is 30.7 Å². The predicted molar refractivity (Wildman–Crippen MR) is 81.0 cm³/mol. The largest absolute Gasteiger partial charge is 0.488 e. The summed E-state index contributed by atoms with van der Waals surface area (Å²) in [6, 6.07) is 4.10. The normalized spacial score (nSPS) is 14.4. The third-order valence-electron chi connectivity index (χ3n) is 3.19. The van der Waals surface area contributed by atoms with E-state index in [1.165, 1.54) is 7.11 Å². The second-order valence-corrected chi connectivity index (χ2v) is 5.22. The standard InChI is InChI=1S/C15H16ClNO5/c1-21-5-4-12(15(19)20)17-14(18)10-6-9-7-11(16)2-3-13(9)22-8-10/h2-3,6-7,12H,4-5,8H2,1H3,(H,17,18)(H,19,20). The van der Waals surface area contributed by atoms with Crippen LogP contribution in [0, 0.1) is 0 Å². The molecule has 118 valence electrons. The number of amides is 1. The highest BCUT2D eigenvalue weighted by molar-refractivity contribution is 6.30. The van der Waals surface area contributed by atoms with Crippen LogP contribution in [-0.4, -0.2) is 43.3 Å². The zero-order chi connectivity index (χ0) is 16.1. The number of ether oxygens (including phenoxy) is 2. The molecule has 1 amide bonds. The molecular weight excluding hydrogens is 310 g/mol. The van der Waals surface area contributed by atoms with Crippen LogP contribution in [0.1, 0.15) is 12.0 Å². The van der Waals surface area contributed by atoms with Gasteiger partial charge in [-0.1, -0.05) is 11.6 Å². The minimum Gasteiger partial charge on any atom is -0.488 e. The molecule has 1 aromatic rings. The molecule has 22 heavy (non-hydrogen) atoms. The average molecular weight is 326 g/mol. The van der Waals surface area contributed by atoms with E-state index in [0.29, 0.717) is 21.9 Å². The van der Waals surface area contributed by atoms with Crippen LogP contribution in [0.2, 0.25) is 5.02 Å². The Bertz CT molecular complexity index is 614. The number of aliphatic carboxylic acids is 1. The summed E-state index contributed by atoms with van der Waals surface area (Å²) >= 11 is 5.91. The third kappa shape index (κ3) is 3.99. The highest BCUT2D eigenvalue weighted by atomic mass is 35.5. The lowest BCUT2D eigenvalue weighted by Crippen LogP contribution is -2.43. The fourth-order valence-electron chi connectivity index (χ4n) is 2.02. The summed E-state index contributed by atoms with van der Waals surface area (Å²) < 4.78 is 10.3. The van der Waals surface area contributed by atoms with Gasteiger partial charge in [-0.25, -0.2) is 4.79 Å². The summed E-state index contributed by atoms with van der Waals surface area (Å²) in [5.74, 6) is -0.949. The Morgan fingerprint density at radius 1 is 1.50 bits per heavy atom. The van der Waals surface area contributed by atoms with Crippen LogP contribution >= 0.6 is 11.6 Å². The minimum atomic E-state index is -1.11. The number of nitrogens with one attached hydrogen (secondary N) is 1. The maximum Gasteiger partial charge on any atom is 0.326 e. The molecule has 0 bridgehead atoms. The van der Waals surface area contributed by atoms with Crippen LogP contribution in [0.5, 0.6) is 5.75 Å². The molecule has 0 fully saturated rings. The van der Waals surface area contributed by atoms with Gasteiger partial charge in [-0.2, -0.15) is 0 Å². The van der Waals surface area contributed by atoms with Crippen molar-refractivity contribution in [1.82, 2.24) is 5.32 Å². The van der Waals surface area contributed by atoms with Gasteiger partial charge in [-0.3, -0.25) is 4.79 Å². The quantitative estimate of drug-likeness (QED) is 0.832. The van der Waals surface area contributed by atoms with E-state index in [4.69, 9.17) is 26.2 Å². The molecule has 1 aromatic carbocycles. The van der Waals surface area contributed by atoms with Crippen LogP contribution in [0.15, 0.2) is 23.8 Å². The minimum absolute atomic E-state index is 0.0804. The molecule has 0 radical (unpaired) electrons. The van der Waals surface area contributed by atoms with E-state index in [0.717, 1.165) is 0 Å². The first-order valence-corrected chi connectivity index (χ1v) is 7.04. The molecular formula is C15H16ClNO5. The van der Waals surface area contributed by atoms with Crippen LogP contribution in [0.3, 0.4) is 0 Å². The Labute approximate surface area is 132 Å². The van der Waals surface area contributed by atoms with Crippen molar-refractivity contribution in [2.75, 3.05) is 20.3 Å². The smallest absolute Gasteiger partial charge is 0.326 e. The number of hydrogen-bond donors (Lipinski definition) is 2. The zero-order valence-electron chi connectivity index (χ0n) is 12.0. The lowest BCUT2D eigenvalue weighted by Gasteiger charge is -2.20. The van der Waals surface area contributed by atoms with E-state index < -0.39 is 17.9 Å². The van der Waals surface area contributed by atoms with Crippen LogP contribution < -0.4 is 10.1 Å². The topological polar surface area (TPSA) is 84.9 Å². The lowest BCUT2D eigenvalue weighted by molar-refractivity contribution is -0.141. The van der Waals surface area contributed by atoms with Crippen LogP contribution in [0.4, 0.5) is 0 Å². The number of benzene rings is 1. The number of carboxylic acid groups (broad SMARTS) is 1. The summed E-state index contributed by atoms with van der Waals surface area (Å²) in [6.07, 6.45) is 1.84. The number of methoxy groups -OCH3 is 1. The van der Waals surface area contributed by atoms with Crippen molar-refractivity contribution in [3.05, 3.63) is 34.4 Å². The predicted octanol–water partition coefficient (Wildman–Crippen LogP) is 1.72. The summed E-state index contributed by atoms with van der Waals surface area (Å²) in [4.78, 5) is 23.3. The van der Waals surface area contributed by atoms with Gasteiger partial charge in [0.1, 0.15) is 18.4 Å². The van der Waals surface area contributed by atoms with Gasteiger partial charge < -0.3 is 19.9 Å². The first-order valence-electron chi connectivity index (χ1n) is 6.67. The van der Waals surface area contributed by atoms with E-state index in [2.05, 4.69) is 5.32 Å². The molecule has 0 aliphatic carbocycles. The van der Waals surface area contributed by atoms with E-state index in [1.54, 1.807) is 24.3 Å². The van der Waals surface area contributed by atoms with Gasteiger partial charge in [0.25, 0.3) is 5.91 Å². The number of rotatable bonds is 6. The molecule has 0 saturated carbocycles. The second-order valence-electron chi connectivity index (χ2n) is 4.79. The molecule has 1 aliphatic rings. The van der Waals surface area contributed by atoms with E-state index in [-0.39, 0.29) is 19.6 Å². The van der Waals surface area contributed by atoms with E-state index in [1.807, 2.05) is 0 Å². The highest BCUT2D eigenvalue weighted by Gasteiger charge is 2.23. The average Bonchev–Trinajstić information content (AvgIpc) is 2.50. The fraction of sp³-hybridized carbons (Fsp3) is 0.333. The molecule has 2 rings (SSSR count). The van der Waals surface area contributed by atoms with Gasteiger partial charge in [0.2, 0.25) is 0 Å². The molecule has 7 heteroatoms. The fourth-order valence-corrected chi connectivity index (χ4v) is 2.20. The van der Waals surface area contributed by atoms with Gasteiger partial charge in [-0.15, -0.1) is 0 Å². The monoisotopic (exact) mass is 325 g/mol. The molecule has 1 atom stereocenters. The summed E-state index contributed by atoms with van der Waals surface area (Å²) in [5, 5.41) is 12.1. The first-order chi connectivity index (χ1) is 10.5. The van der Waals surface area contributed by atoms with Crippen molar-refractivity contribution < 1.29 is 24.2 Å². The van der Waals surface area contributed by atoms with Crippen molar-refractivity contribution in [3.63, 3.8) is 0 Å². The Balaban J connectivity index is 2.11. The summed E-state index contributed by atoms with van der Waals surface area (Å²) in [5.41, 5.74) is 1.03. The van der Waals surface area contributed by atoms with Gasteiger partial charge in [0.05, 0.1) is 5.57 Å². The molecule has 1 heterocycles. The number of carbonyl (C=O) groups excluding carboxylic acids is 1. The zero-order valence-corrected chi connectivity index (χ0v) is 12.7. The Hall–Kier alpha value is -2.05. The van der Waals surface area contributed by atoms with Crippen molar-refractivity contribution in [2.45, 2.75) is 12.5 Å². The van der Waals surface area contributed by atoms with Crippen molar-refractivity contribution in [1.29, 1.82) is 0 Å². The van der Waals surface area contributed by atoms with Gasteiger partial charge in [-0.05, 0) is 24.3 Å². The maximum atomic E-state index is 12.2. The molecule has 0 spiro atoms. The number of carbonyl (C=O) groups is 2. The second kappa shape index (κ2) is 7.29. The molecule has 0 saturated heterocycles. The summed E-state index contributed by atoms with van der Waals surface area (Å²) in [7, 11) is 1.47. The first kappa shape index (κ1) is 16.3. The SMILES string of the molecule is COCCC(NC(=O)C1=Cc2cc(Cl)ccc2OC1)C(=O)O. The molecule has 0 aromatic heterocycles. The molecule has 6 nitrogen and oxygen atoms in total. The highest BCUT2D eigenvalue weighted by Crippen LogP contribution is 2.28. The Morgan fingerprint density at radius 2 is 2.27 bits per heavy atom. The molecule has 1 unspecified atom stereocenters. The van der Waals surface area contributed by atoms with E-state index in [9.17, 15) is 9.59 Å². The van der Waals surface area contributed by atoms with Crippen molar-refractivity contribution >= 4 is 29.6 Å². The van der Waals surface area contributed by atoms with Crippen LogP contribution in [0.25, 0.3) is 6.08 Å². The maximum absolute atomic E-state index is 12.2. The van der Waals surface area contributed by atoms with Gasteiger partial charge in [0.15, 0.2) is 0 Å². The Morgan fingerprint density at radius 3 is 2.95 bits per heavy atom. The van der Waals surface area contributed by atoms with Crippen molar-refractivity contribution in [3.8, 4) is 5.75 Å². The number of hydrogen-bond acceptors (Lipinski definition) is 4. The Kier molecular flexibility index (Phi) is 5.41. The van der Waals surface area contributed by atoms with Gasteiger partial charge >= 0.3 is 5.97 Å². The number of carboxylic acids is 1. The lowest BCUT2D eigenvalue weighted by atomic mass is 10.1. The third-order valence-corrected chi connectivity index (χ3v) is 3.43. The number of fused-ring (bicyclic) bond motifs is 1.